The van der Waals surface area contributed by atoms with E-state index >= 15 is 0 Å². The van der Waals surface area contributed by atoms with E-state index in [0.29, 0.717) is 58.2 Å². The fourth-order valence-electron chi connectivity index (χ4n) is 4.83. The van der Waals surface area contributed by atoms with Gasteiger partial charge in [-0.2, -0.15) is 0 Å². The van der Waals surface area contributed by atoms with Crippen LogP contribution in [0.4, 0.5) is 0 Å². The molecule has 11 heteroatoms. The molecule has 4 aromatic rings. The highest BCUT2D eigenvalue weighted by molar-refractivity contribution is 7.22. The Balaban J connectivity index is 1.56. The van der Waals surface area contributed by atoms with Crippen LogP contribution in [0, 0.1) is 6.92 Å². The summed E-state index contributed by atoms with van der Waals surface area (Å²) in [4.78, 5) is 47.4. The van der Waals surface area contributed by atoms with Gasteiger partial charge in [0.25, 0.3) is 5.56 Å². The third-order valence-corrected chi connectivity index (χ3v) is 8.07. The highest BCUT2D eigenvalue weighted by Crippen LogP contribution is 2.37. The molecule has 0 radical (unpaired) electrons. The number of likely N-dealkylation sites (tertiary alicyclic amines) is 1. The van der Waals surface area contributed by atoms with Crippen molar-refractivity contribution in [1.82, 2.24) is 19.4 Å². The molecule has 194 valence electrons. The third-order valence-electron chi connectivity index (χ3n) is 6.77. The number of piperidine rings is 1. The lowest BCUT2D eigenvalue weighted by Crippen LogP contribution is -2.40. The van der Waals surface area contributed by atoms with Gasteiger partial charge < -0.3 is 18.8 Å². The molecule has 37 heavy (non-hydrogen) atoms. The maximum Gasteiger partial charge on any atom is 0.329 e. The number of para-hydroxylation sites is 1. The number of carbonyl (C=O) groups is 1. The zero-order chi connectivity index (χ0) is 26.1. The summed E-state index contributed by atoms with van der Waals surface area (Å²) in [5.41, 5.74) is 0.525. The summed E-state index contributed by atoms with van der Waals surface area (Å²) in [6, 6.07) is 7.54. The largest absolute Gasteiger partial charge is 0.496 e. The second-order valence-corrected chi connectivity index (χ2v) is 10.0. The first-order valence-corrected chi connectivity index (χ1v) is 12.9. The lowest BCUT2D eigenvalue weighted by Gasteiger charge is -2.34. The maximum atomic E-state index is 13.1. The molecule has 0 bridgehead atoms. The summed E-state index contributed by atoms with van der Waals surface area (Å²) in [7, 11) is 1.59. The quantitative estimate of drug-likeness (QED) is 0.393. The molecule has 1 fully saturated rings. The second-order valence-electron chi connectivity index (χ2n) is 9.02. The summed E-state index contributed by atoms with van der Waals surface area (Å²) >= 11 is 1.29. The Morgan fingerprint density at radius 2 is 2.03 bits per heavy atom. The summed E-state index contributed by atoms with van der Waals surface area (Å²) in [5.74, 6) is 1.09. The van der Waals surface area contributed by atoms with E-state index in [1.807, 2.05) is 36.1 Å². The zero-order valence-corrected chi connectivity index (χ0v) is 21.7. The standard InChI is InChI=1S/C26H28N4O6S/c1-15-21-23(32)28-26(33)30(25(21)37-22(15)24-27-10-13-35-24)14-20(18-6-4-5-7-19(18)34-3)36-17-8-11-29(12-9-17)16(2)31/h4-7,10,13,17,20H,8-9,11-12,14H2,1-3H3,(H,28,32,33). The maximum absolute atomic E-state index is 13.1. The number of rotatable bonds is 7. The van der Waals surface area contributed by atoms with Crippen molar-refractivity contribution in [2.24, 2.45) is 0 Å². The molecule has 4 heterocycles. The van der Waals surface area contributed by atoms with Crippen LogP contribution in [0.3, 0.4) is 0 Å². The van der Waals surface area contributed by atoms with Crippen molar-refractivity contribution in [3.8, 4) is 16.5 Å². The number of aromatic nitrogens is 3. The predicted molar refractivity (Wildman–Crippen MR) is 139 cm³/mol. The van der Waals surface area contributed by atoms with Gasteiger partial charge in [-0.25, -0.2) is 9.78 Å². The van der Waals surface area contributed by atoms with Gasteiger partial charge in [0, 0.05) is 25.6 Å². The topological polar surface area (TPSA) is 120 Å². The minimum absolute atomic E-state index is 0.0526. The molecule has 3 aromatic heterocycles. The zero-order valence-electron chi connectivity index (χ0n) is 20.9. The summed E-state index contributed by atoms with van der Waals surface area (Å²) in [6.07, 6.45) is 3.75. The minimum atomic E-state index is -0.538. The van der Waals surface area contributed by atoms with Crippen molar-refractivity contribution in [3.63, 3.8) is 0 Å². The van der Waals surface area contributed by atoms with E-state index in [4.69, 9.17) is 13.9 Å². The normalized spacial score (nSPS) is 15.3. The number of amides is 1. The SMILES string of the molecule is COc1ccccc1C(Cn1c(=O)[nH]c(=O)c2c(C)c(-c3ncco3)sc21)OC1CCN(C(C)=O)CC1. The molecule has 1 aliphatic rings. The van der Waals surface area contributed by atoms with Crippen LogP contribution < -0.4 is 16.0 Å². The molecule has 1 N–H and O–H groups in total. The number of nitrogens with zero attached hydrogens (tertiary/aromatic N) is 3. The number of fused-ring (bicyclic) bond motifs is 1. The molecular formula is C26H28N4O6S. The highest BCUT2D eigenvalue weighted by atomic mass is 32.1. The second kappa shape index (κ2) is 10.3. The van der Waals surface area contributed by atoms with Crippen molar-refractivity contribution in [3.05, 3.63) is 68.7 Å². The Hall–Kier alpha value is -3.70. The number of methoxy groups -OCH3 is 1. The fraction of sp³-hybridized carbons (Fsp3) is 0.385. The number of ether oxygens (including phenoxy) is 2. The number of hydrogen-bond donors (Lipinski definition) is 1. The van der Waals surface area contributed by atoms with Crippen molar-refractivity contribution < 1.29 is 18.7 Å². The Labute approximate surface area is 216 Å². The van der Waals surface area contributed by atoms with Crippen LogP contribution in [0.25, 0.3) is 21.0 Å². The van der Waals surface area contributed by atoms with Crippen LogP contribution in [0.5, 0.6) is 5.75 Å². The summed E-state index contributed by atoms with van der Waals surface area (Å²) < 4.78 is 19.2. The smallest absolute Gasteiger partial charge is 0.329 e. The average Bonchev–Trinajstić information content (AvgIpc) is 3.54. The van der Waals surface area contributed by atoms with Crippen LogP contribution in [0.1, 0.15) is 37.0 Å². The number of carbonyl (C=O) groups excluding carboxylic acids is 1. The molecule has 10 nitrogen and oxygen atoms in total. The van der Waals surface area contributed by atoms with Gasteiger partial charge in [0.05, 0.1) is 36.2 Å². The predicted octanol–water partition coefficient (Wildman–Crippen LogP) is 3.49. The Kier molecular flexibility index (Phi) is 6.98. The van der Waals surface area contributed by atoms with Gasteiger partial charge in [-0.15, -0.1) is 11.3 Å². The van der Waals surface area contributed by atoms with Crippen LogP contribution in [0.2, 0.25) is 0 Å². The highest BCUT2D eigenvalue weighted by Gasteiger charge is 2.28. The van der Waals surface area contributed by atoms with Crippen LogP contribution in [-0.2, 0) is 16.1 Å². The third kappa shape index (κ3) is 4.84. The van der Waals surface area contributed by atoms with E-state index in [1.165, 1.54) is 17.6 Å². The monoisotopic (exact) mass is 524 g/mol. The van der Waals surface area contributed by atoms with Gasteiger partial charge in [-0.05, 0) is 31.4 Å². The van der Waals surface area contributed by atoms with Gasteiger partial charge in [-0.1, -0.05) is 18.2 Å². The van der Waals surface area contributed by atoms with Gasteiger partial charge >= 0.3 is 5.69 Å². The minimum Gasteiger partial charge on any atom is -0.496 e. The van der Waals surface area contributed by atoms with E-state index < -0.39 is 17.4 Å². The summed E-state index contributed by atoms with van der Waals surface area (Å²) in [5, 5.41) is 0.423. The van der Waals surface area contributed by atoms with Gasteiger partial charge in [0.1, 0.15) is 22.9 Å². The number of oxazole rings is 1. The molecule has 1 saturated heterocycles. The van der Waals surface area contributed by atoms with E-state index in [2.05, 4.69) is 9.97 Å². The number of aromatic amines is 1. The number of nitrogens with one attached hydrogen (secondary N) is 1. The van der Waals surface area contributed by atoms with Crippen LogP contribution in [-0.4, -0.2) is 51.6 Å². The van der Waals surface area contributed by atoms with E-state index in [9.17, 15) is 14.4 Å². The van der Waals surface area contributed by atoms with Crippen LogP contribution >= 0.6 is 11.3 Å². The van der Waals surface area contributed by atoms with Crippen LogP contribution in [0.15, 0.2) is 50.7 Å². The van der Waals surface area contributed by atoms with Crippen molar-refractivity contribution >= 4 is 27.5 Å². The number of hydrogen-bond acceptors (Lipinski definition) is 8. The molecule has 1 unspecified atom stereocenters. The number of thiophene rings is 1. The Bertz CT molecular complexity index is 1530. The van der Waals surface area contributed by atoms with E-state index in [1.54, 1.807) is 24.8 Å². The summed E-state index contributed by atoms with van der Waals surface area (Å²) in [6.45, 7) is 4.78. The van der Waals surface area contributed by atoms with Gasteiger partial charge in [-0.3, -0.25) is 19.1 Å². The van der Waals surface area contributed by atoms with E-state index in [-0.39, 0.29) is 18.6 Å². The lowest BCUT2D eigenvalue weighted by atomic mass is 10.0. The average molecular weight is 525 g/mol. The van der Waals surface area contributed by atoms with Gasteiger partial charge in [0.2, 0.25) is 11.8 Å². The molecule has 5 rings (SSSR count). The van der Waals surface area contributed by atoms with Crippen molar-refractivity contribution in [1.29, 1.82) is 0 Å². The first kappa shape index (κ1) is 25.0. The Morgan fingerprint density at radius 3 is 2.70 bits per heavy atom. The first-order valence-electron chi connectivity index (χ1n) is 12.1. The molecule has 0 saturated carbocycles. The number of H-pyrrole nitrogens is 1. The molecule has 1 amide bonds. The Morgan fingerprint density at radius 1 is 1.27 bits per heavy atom. The van der Waals surface area contributed by atoms with E-state index in [0.717, 1.165) is 5.56 Å². The number of benzene rings is 1. The first-order chi connectivity index (χ1) is 17.9. The molecular weight excluding hydrogens is 496 g/mol. The van der Waals surface area contributed by atoms with Crippen molar-refractivity contribution in [2.75, 3.05) is 20.2 Å². The molecule has 1 aliphatic heterocycles. The number of aryl methyl sites for hydroxylation is 1. The van der Waals surface area contributed by atoms with Gasteiger partial charge in [0.15, 0.2) is 0 Å². The van der Waals surface area contributed by atoms with Crippen molar-refractivity contribution in [2.45, 2.75) is 45.4 Å². The molecule has 1 aromatic carbocycles. The molecule has 1 atom stereocenters. The molecule has 0 spiro atoms. The fourth-order valence-corrected chi connectivity index (χ4v) is 6.08. The lowest BCUT2D eigenvalue weighted by molar-refractivity contribution is -0.132. The molecule has 0 aliphatic carbocycles.